The molecule has 2 aromatic carbocycles. The second-order valence-electron chi connectivity index (χ2n) is 7.97. The summed E-state index contributed by atoms with van der Waals surface area (Å²) >= 11 is 6.57. The number of aryl methyl sites for hydroxylation is 1. The Morgan fingerprint density at radius 3 is 2.81 bits per heavy atom. The molecule has 1 aliphatic rings. The van der Waals surface area contributed by atoms with Gasteiger partial charge >= 0.3 is 6.09 Å². The van der Waals surface area contributed by atoms with E-state index in [0.29, 0.717) is 48.0 Å². The number of piperidine rings is 1. The van der Waals surface area contributed by atoms with Crippen LogP contribution in [-0.4, -0.2) is 37.9 Å². The van der Waals surface area contributed by atoms with E-state index in [1.807, 2.05) is 43.3 Å². The van der Waals surface area contributed by atoms with E-state index in [4.69, 9.17) is 16.3 Å². The fourth-order valence-electron chi connectivity index (χ4n) is 4.17. The summed E-state index contributed by atoms with van der Waals surface area (Å²) < 4.78 is 10.9. The average molecular weight is 447 g/mol. The number of alkyl carbamates (subject to hydrolysis) is 1. The van der Waals surface area contributed by atoms with E-state index in [0.717, 1.165) is 24.9 Å². The Hall–Kier alpha value is -2.28. The number of carbonyl (C=O) groups is 1. The number of nitrogens with one attached hydrogen (secondary N) is 2. The lowest BCUT2D eigenvalue weighted by molar-refractivity contribution is -0.0433. The molecule has 1 aliphatic heterocycles. The zero-order chi connectivity index (χ0) is 22.3. The van der Waals surface area contributed by atoms with Gasteiger partial charge < -0.3 is 25.2 Å². The average Bonchev–Trinajstić information content (AvgIpc) is 2.79. The van der Waals surface area contributed by atoms with Crippen molar-refractivity contribution < 1.29 is 19.4 Å². The molecule has 1 unspecified atom stereocenters. The summed E-state index contributed by atoms with van der Waals surface area (Å²) in [7, 11) is 1.33. The van der Waals surface area contributed by atoms with Crippen LogP contribution in [0.1, 0.15) is 36.8 Å². The van der Waals surface area contributed by atoms with Gasteiger partial charge in [-0.05, 0) is 56.8 Å². The first-order chi connectivity index (χ1) is 15.0. The van der Waals surface area contributed by atoms with Gasteiger partial charge in [0.05, 0.1) is 17.7 Å². The van der Waals surface area contributed by atoms with Crippen molar-refractivity contribution in [3.8, 4) is 11.5 Å². The quantitative estimate of drug-likeness (QED) is 0.509. The summed E-state index contributed by atoms with van der Waals surface area (Å²) in [5, 5.41) is 18.6. The number of amides is 1. The van der Waals surface area contributed by atoms with Crippen LogP contribution in [0, 0.1) is 12.8 Å². The molecule has 2 aromatic rings. The number of hydrogen-bond donors (Lipinski definition) is 3. The molecular formula is C24H31ClN2O4. The van der Waals surface area contributed by atoms with Gasteiger partial charge in [-0.1, -0.05) is 41.9 Å². The van der Waals surface area contributed by atoms with E-state index in [1.165, 1.54) is 7.11 Å². The maximum absolute atomic E-state index is 12.1. The first-order valence-electron chi connectivity index (χ1n) is 10.7. The van der Waals surface area contributed by atoms with E-state index in [-0.39, 0.29) is 5.92 Å². The highest BCUT2D eigenvalue weighted by Gasteiger charge is 2.41. The van der Waals surface area contributed by atoms with Gasteiger partial charge in [-0.3, -0.25) is 0 Å². The zero-order valence-electron chi connectivity index (χ0n) is 18.1. The van der Waals surface area contributed by atoms with E-state index in [9.17, 15) is 9.90 Å². The van der Waals surface area contributed by atoms with Crippen LogP contribution < -0.4 is 15.4 Å². The maximum Gasteiger partial charge on any atom is 0.406 e. The number of ether oxygens (including phenoxy) is 2. The molecule has 3 N–H and O–H groups in total. The van der Waals surface area contributed by atoms with Gasteiger partial charge in [0, 0.05) is 24.6 Å². The molecule has 0 aliphatic carbocycles. The largest absolute Gasteiger partial charge is 0.455 e. The van der Waals surface area contributed by atoms with Gasteiger partial charge in [-0.2, -0.15) is 0 Å². The third-order valence-corrected chi connectivity index (χ3v) is 6.20. The first kappa shape index (κ1) is 23.4. The topological polar surface area (TPSA) is 79.8 Å². The SMILES string of the molecule is COC(=O)NCCCC(O)(c1cccc(Cl)c1Oc1ccccc1C)[C@@H]1CCCNC1. The van der Waals surface area contributed by atoms with Crippen LogP contribution in [0.15, 0.2) is 42.5 Å². The predicted octanol–water partition coefficient (Wildman–Crippen LogP) is 4.76. The molecule has 0 bridgehead atoms. The fraction of sp³-hybridized carbons (Fsp3) is 0.458. The molecule has 168 valence electrons. The maximum atomic E-state index is 12.1. The molecule has 3 rings (SSSR count). The van der Waals surface area contributed by atoms with Crippen LogP contribution in [0.5, 0.6) is 11.5 Å². The molecule has 1 saturated heterocycles. The van der Waals surface area contributed by atoms with Crippen molar-refractivity contribution in [1.29, 1.82) is 0 Å². The smallest absolute Gasteiger partial charge is 0.406 e. The van der Waals surface area contributed by atoms with Gasteiger partial charge in [0.2, 0.25) is 0 Å². The summed E-state index contributed by atoms with van der Waals surface area (Å²) in [6.07, 6.45) is 2.44. The van der Waals surface area contributed by atoms with Crippen molar-refractivity contribution in [3.63, 3.8) is 0 Å². The van der Waals surface area contributed by atoms with Crippen LogP contribution in [0.2, 0.25) is 5.02 Å². The Kier molecular flexibility index (Phi) is 8.18. The number of aliphatic hydroxyl groups is 1. The normalized spacial score (nSPS) is 18.1. The number of rotatable bonds is 8. The lowest BCUT2D eigenvalue weighted by Crippen LogP contribution is -2.45. The van der Waals surface area contributed by atoms with Crippen molar-refractivity contribution in [1.82, 2.24) is 10.6 Å². The zero-order valence-corrected chi connectivity index (χ0v) is 18.9. The van der Waals surface area contributed by atoms with E-state index >= 15 is 0 Å². The van der Waals surface area contributed by atoms with Gasteiger partial charge in [0.25, 0.3) is 0 Å². The Bertz CT molecular complexity index is 886. The summed E-state index contributed by atoms with van der Waals surface area (Å²) in [6, 6.07) is 13.2. The van der Waals surface area contributed by atoms with Crippen molar-refractivity contribution in [2.45, 2.75) is 38.2 Å². The number of methoxy groups -OCH3 is 1. The molecule has 0 radical (unpaired) electrons. The van der Waals surface area contributed by atoms with Crippen molar-refractivity contribution in [3.05, 3.63) is 58.6 Å². The van der Waals surface area contributed by atoms with E-state index in [2.05, 4.69) is 15.4 Å². The Morgan fingerprint density at radius 2 is 2.10 bits per heavy atom. The predicted molar refractivity (Wildman–Crippen MR) is 122 cm³/mol. The highest BCUT2D eigenvalue weighted by molar-refractivity contribution is 6.32. The lowest BCUT2D eigenvalue weighted by Gasteiger charge is -2.40. The molecule has 2 atom stereocenters. The van der Waals surface area contributed by atoms with Crippen LogP contribution in [-0.2, 0) is 10.3 Å². The number of carbonyl (C=O) groups excluding carboxylic acids is 1. The Morgan fingerprint density at radius 1 is 1.29 bits per heavy atom. The van der Waals surface area contributed by atoms with E-state index in [1.54, 1.807) is 6.07 Å². The van der Waals surface area contributed by atoms with Crippen LogP contribution >= 0.6 is 11.6 Å². The second-order valence-corrected chi connectivity index (χ2v) is 8.38. The molecule has 1 heterocycles. The number of hydrogen-bond acceptors (Lipinski definition) is 5. The molecule has 0 saturated carbocycles. The first-order valence-corrected chi connectivity index (χ1v) is 11.1. The molecule has 0 spiro atoms. The minimum atomic E-state index is -1.16. The molecular weight excluding hydrogens is 416 g/mol. The van der Waals surface area contributed by atoms with Crippen molar-refractivity contribution in [2.75, 3.05) is 26.7 Å². The van der Waals surface area contributed by atoms with Crippen LogP contribution in [0.3, 0.4) is 0 Å². The molecule has 31 heavy (non-hydrogen) atoms. The van der Waals surface area contributed by atoms with E-state index < -0.39 is 11.7 Å². The van der Waals surface area contributed by atoms with Gasteiger partial charge in [-0.15, -0.1) is 0 Å². The molecule has 1 amide bonds. The number of benzene rings is 2. The third kappa shape index (κ3) is 5.70. The standard InChI is InChI=1S/C24H31ClN2O4/c1-17-8-3-4-12-21(17)31-22-19(10-5-11-20(22)25)24(29,18-9-6-14-26-16-18)13-7-15-27-23(28)30-2/h3-5,8,10-12,18,26,29H,6-7,9,13-16H2,1-2H3,(H,27,28)/t18-,24?/m1/s1. The van der Waals surface area contributed by atoms with Crippen LogP contribution in [0.25, 0.3) is 0 Å². The summed E-state index contributed by atoms with van der Waals surface area (Å²) in [5.41, 5.74) is 0.502. The number of para-hydroxylation sites is 2. The monoisotopic (exact) mass is 446 g/mol. The van der Waals surface area contributed by atoms with Crippen molar-refractivity contribution in [2.24, 2.45) is 5.92 Å². The molecule has 0 aromatic heterocycles. The lowest BCUT2D eigenvalue weighted by atomic mass is 9.74. The second kappa shape index (κ2) is 10.8. The highest BCUT2D eigenvalue weighted by Crippen LogP contribution is 2.46. The van der Waals surface area contributed by atoms with Gasteiger partial charge in [0.1, 0.15) is 5.75 Å². The fourth-order valence-corrected chi connectivity index (χ4v) is 4.39. The number of halogens is 1. The highest BCUT2D eigenvalue weighted by atomic mass is 35.5. The molecule has 6 nitrogen and oxygen atoms in total. The van der Waals surface area contributed by atoms with Crippen molar-refractivity contribution >= 4 is 17.7 Å². The van der Waals surface area contributed by atoms with Gasteiger partial charge in [-0.25, -0.2) is 4.79 Å². The third-order valence-electron chi connectivity index (χ3n) is 5.90. The molecule has 1 fully saturated rings. The summed E-state index contributed by atoms with van der Waals surface area (Å²) in [6.45, 7) is 4.03. The minimum absolute atomic E-state index is 0.00272. The summed E-state index contributed by atoms with van der Waals surface area (Å²) in [4.78, 5) is 11.4. The summed E-state index contributed by atoms with van der Waals surface area (Å²) in [5.74, 6) is 1.18. The van der Waals surface area contributed by atoms with Gasteiger partial charge in [0.15, 0.2) is 5.75 Å². The molecule has 7 heteroatoms. The minimum Gasteiger partial charge on any atom is -0.455 e. The van der Waals surface area contributed by atoms with Crippen LogP contribution in [0.4, 0.5) is 4.79 Å². The Labute approximate surface area is 188 Å². The Balaban J connectivity index is 1.93.